The number of rotatable bonds is 8. The average molecular weight is 249 g/mol. The zero-order valence-corrected chi connectivity index (χ0v) is 10.5. The molecule has 0 aliphatic heterocycles. The molecule has 0 saturated heterocycles. The normalized spacial score (nSPS) is 14.2. The molecule has 7 heteroatoms. The van der Waals surface area contributed by atoms with Crippen molar-refractivity contribution in [2.24, 2.45) is 5.92 Å². The Labute approximate surface area is 100 Å². The van der Waals surface area contributed by atoms with Crippen molar-refractivity contribution < 1.29 is 24.2 Å². The smallest absolute Gasteiger partial charge is 0.332 e. The third-order valence-electron chi connectivity index (χ3n) is 2.09. The second-order valence-electron chi connectivity index (χ2n) is 4.09. The van der Waals surface area contributed by atoms with Crippen molar-refractivity contribution in [2.45, 2.75) is 39.9 Å². The lowest BCUT2D eigenvalue weighted by Gasteiger charge is -2.16. The predicted octanol–water partition coefficient (Wildman–Crippen LogP) is 1.19. The van der Waals surface area contributed by atoms with E-state index in [1.54, 1.807) is 6.92 Å². The summed E-state index contributed by atoms with van der Waals surface area (Å²) in [5, 5.41) is 9.07. The van der Waals surface area contributed by atoms with Crippen molar-refractivity contribution in [3.63, 3.8) is 0 Å². The van der Waals surface area contributed by atoms with Gasteiger partial charge in [-0.1, -0.05) is 13.8 Å². The first kappa shape index (κ1) is 15.6. The second kappa shape index (κ2) is 7.83. The van der Waals surface area contributed by atoms with Gasteiger partial charge in [-0.3, -0.25) is 0 Å². The van der Waals surface area contributed by atoms with E-state index < -0.39 is 17.2 Å². The predicted molar refractivity (Wildman–Crippen MR) is 58.8 cm³/mol. The van der Waals surface area contributed by atoms with Crippen molar-refractivity contribution in [2.75, 3.05) is 13.2 Å². The summed E-state index contributed by atoms with van der Waals surface area (Å²) >= 11 is 0. The molecule has 2 atom stereocenters. The van der Waals surface area contributed by atoms with Crippen LogP contribution >= 0.6 is 0 Å². The van der Waals surface area contributed by atoms with Gasteiger partial charge in [-0.25, -0.2) is 4.79 Å². The molecule has 0 saturated carbocycles. The van der Waals surface area contributed by atoms with Gasteiger partial charge in [-0.2, -0.15) is 0 Å². The molecule has 17 heavy (non-hydrogen) atoms. The third kappa shape index (κ3) is 8.44. The van der Waals surface area contributed by atoms with Crippen LogP contribution in [0.4, 0.5) is 0 Å². The van der Waals surface area contributed by atoms with Gasteiger partial charge in [-0.05, 0) is 19.8 Å². The molecule has 0 aromatic carbocycles. The summed E-state index contributed by atoms with van der Waals surface area (Å²) in [6.07, 6.45) is -0.890. The van der Waals surface area contributed by atoms with Crippen molar-refractivity contribution in [3.05, 3.63) is 10.1 Å². The fourth-order valence-electron chi connectivity index (χ4n) is 0.863. The molecule has 0 bridgehead atoms. The Hall–Kier alpha value is -1.37. The van der Waals surface area contributed by atoms with Crippen LogP contribution in [0, 0.1) is 16.0 Å². The van der Waals surface area contributed by atoms with Gasteiger partial charge < -0.3 is 14.3 Å². The maximum absolute atomic E-state index is 11.2. The van der Waals surface area contributed by atoms with E-state index in [-0.39, 0.29) is 25.2 Å². The number of carbonyl (C=O) groups is 1. The largest absolute Gasteiger partial charge is 0.461 e. The van der Waals surface area contributed by atoms with Crippen molar-refractivity contribution in [1.82, 2.24) is 0 Å². The van der Waals surface area contributed by atoms with E-state index in [0.29, 0.717) is 0 Å². The highest BCUT2D eigenvalue weighted by Gasteiger charge is 2.14. The van der Waals surface area contributed by atoms with Gasteiger partial charge in [0.15, 0.2) is 0 Å². The maximum Gasteiger partial charge on any atom is 0.332 e. The summed E-state index contributed by atoms with van der Waals surface area (Å²) in [7, 11) is 0. The van der Waals surface area contributed by atoms with Crippen LogP contribution in [0.2, 0.25) is 0 Å². The van der Waals surface area contributed by atoms with Crippen LogP contribution in [0.25, 0.3) is 0 Å². The second-order valence-corrected chi connectivity index (χ2v) is 4.09. The van der Waals surface area contributed by atoms with Gasteiger partial charge in [0.2, 0.25) is 0 Å². The molecule has 0 aliphatic carbocycles. The molecule has 0 aromatic heterocycles. The summed E-state index contributed by atoms with van der Waals surface area (Å²) in [5.41, 5.74) is 0. The third-order valence-corrected chi connectivity index (χ3v) is 2.09. The summed E-state index contributed by atoms with van der Waals surface area (Å²) in [6.45, 7) is 6.87. The number of ether oxygens (including phenoxy) is 2. The summed E-state index contributed by atoms with van der Waals surface area (Å²) < 4.78 is 9.97. The molecular formula is C10H19NO6. The number of hydrogen-bond acceptors (Lipinski definition) is 6. The maximum atomic E-state index is 11.2. The van der Waals surface area contributed by atoms with Crippen LogP contribution in [-0.2, 0) is 19.1 Å². The van der Waals surface area contributed by atoms with E-state index in [2.05, 4.69) is 4.84 Å². The Morgan fingerprint density at radius 1 is 1.29 bits per heavy atom. The fraction of sp³-hybridized carbons (Fsp3) is 0.900. The lowest BCUT2D eigenvalue weighted by molar-refractivity contribution is -0.768. The van der Waals surface area contributed by atoms with E-state index in [1.165, 1.54) is 6.92 Å². The van der Waals surface area contributed by atoms with Gasteiger partial charge in [0.25, 0.3) is 5.09 Å². The summed E-state index contributed by atoms with van der Waals surface area (Å²) in [6, 6.07) is 0. The van der Waals surface area contributed by atoms with Gasteiger partial charge in [-0.15, -0.1) is 10.1 Å². The Kier molecular flexibility index (Phi) is 7.20. The van der Waals surface area contributed by atoms with Gasteiger partial charge in [0, 0.05) is 0 Å². The average Bonchev–Trinajstić information content (AvgIpc) is 2.15. The van der Waals surface area contributed by atoms with E-state index in [9.17, 15) is 14.9 Å². The molecule has 0 aromatic rings. The molecule has 0 aliphatic rings. The molecule has 0 fully saturated rings. The van der Waals surface area contributed by atoms with E-state index in [0.717, 1.165) is 0 Å². The molecule has 100 valence electrons. The zero-order valence-electron chi connectivity index (χ0n) is 10.5. The Morgan fingerprint density at radius 3 is 2.35 bits per heavy atom. The van der Waals surface area contributed by atoms with E-state index in [4.69, 9.17) is 9.47 Å². The van der Waals surface area contributed by atoms with Crippen LogP contribution in [0.3, 0.4) is 0 Å². The number of hydrogen-bond donors (Lipinski definition) is 0. The highest BCUT2D eigenvalue weighted by atomic mass is 17.0. The zero-order chi connectivity index (χ0) is 13.4. The molecule has 7 nitrogen and oxygen atoms in total. The van der Waals surface area contributed by atoms with E-state index in [1.807, 2.05) is 13.8 Å². The Morgan fingerprint density at radius 2 is 1.88 bits per heavy atom. The van der Waals surface area contributed by atoms with Crippen LogP contribution < -0.4 is 0 Å². The molecule has 0 heterocycles. The summed E-state index contributed by atoms with van der Waals surface area (Å²) in [5.74, 6) is -0.254. The molecular weight excluding hydrogens is 230 g/mol. The highest BCUT2D eigenvalue weighted by Crippen LogP contribution is 2.05. The monoisotopic (exact) mass is 249 g/mol. The van der Waals surface area contributed by atoms with Crippen LogP contribution in [0.5, 0.6) is 0 Å². The van der Waals surface area contributed by atoms with Gasteiger partial charge in [0.1, 0.15) is 18.8 Å². The van der Waals surface area contributed by atoms with Gasteiger partial charge >= 0.3 is 5.97 Å². The minimum Gasteiger partial charge on any atom is -0.461 e. The van der Waals surface area contributed by atoms with Crippen LogP contribution in [0.15, 0.2) is 0 Å². The Bertz CT molecular complexity index is 255. The first-order valence-corrected chi connectivity index (χ1v) is 5.41. The quantitative estimate of drug-likeness (QED) is 0.364. The molecule has 1 unspecified atom stereocenters. The first-order chi connectivity index (χ1) is 7.82. The van der Waals surface area contributed by atoms with Crippen molar-refractivity contribution in [3.8, 4) is 0 Å². The number of nitrogens with zero attached hydrogens (tertiary/aromatic N) is 1. The first-order valence-electron chi connectivity index (χ1n) is 5.41. The molecule has 0 amide bonds. The Balaban J connectivity index is 3.67. The van der Waals surface area contributed by atoms with E-state index >= 15 is 0 Å². The minimum absolute atomic E-state index is 0.0356. The van der Waals surface area contributed by atoms with Gasteiger partial charge in [0.05, 0.1) is 6.61 Å². The topological polar surface area (TPSA) is 87.9 Å². The summed E-state index contributed by atoms with van der Waals surface area (Å²) in [4.78, 5) is 25.4. The fourth-order valence-corrected chi connectivity index (χ4v) is 0.863. The molecule has 0 spiro atoms. The number of esters is 1. The van der Waals surface area contributed by atoms with Crippen molar-refractivity contribution >= 4 is 5.97 Å². The highest BCUT2D eigenvalue weighted by molar-refractivity contribution is 5.70. The molecule has 0 radical (unpaired) electrons. The SMILES string of the molecule is CC(C)C(C)OC(=O)COC[C@@H](C)O[N+](=O)[O-]. The van der Waals surface area contributed by atoms with Crippen LogP contribution in [0.1, 0.15) is 27.7 Å². The molecule has 0 N–H and O–H groups in total. The van der Waals surface area contributed by atoms with Crippen LogP contribution in [-0.4, -0.2) is 36.5 Å². The standard InChI is InChI=1S/C10H19NO6/c1-7(2)9(4)16-10(12)6-15-5-8(3)17-11(13)14/h7-9H,5-6H2,1-4H3/t8-,9?/m1/s1. The minimum atomic E-state index is -0.896. The number of carbonyl (C=O) groups excluding carboxylic acids is 1. The lowest BCUT2D eigenvalue weighted by atomic mass is 10.1. The van der Waals surface area contributed by atoms with Crippen molar-refractivity contribution in [1.29, 1.82) is 0 Å². The lowest BCUT2D eigenvalue weighted by Crippen LogP contribution is -2.26. The molecule has 0 rings (SSSR count).